The van der Waals surface area contributed by atoms with Crippen molar-refractivity contribution < 1.29 is 0 Å². The summed E-state index contributed by atoms with van der Waals surface area (Å²) in [6, 6.07) is 12.9. The summed E-state index contributed by atoms with van der Waals surface area (Å²) in [5.41, 5.74) is 2.65. The number of aromatic nitrogens is 1. The average Bonchev–Trinajstić information content (AvgIpc) is 2.40. The molecule has 0 aliphatic carbocycles. The van der Waals surface area contributed by atoms with Crippen LogP contribution >= 0.6 is 11.8 Å². The van der Waals surface area contributed by atoms with Crippen LogP contribution in [0.1, 0.15) is 11.1 Å². The molecule has 1 heterocycles. The molecule has 0 saturated carbocycles. The van der Waals surface area contributed by atoms with Crippen LogP contribution in [0.5, 0.6) is 0 Å². The van der Waals surface area contributed by atoms with Crippen LogP contribution in [-0.2, 0) is 13.1 Å². The third-order valence-electron chi connectivity index (χ3n) is 2.81. The minimum atomic E-state index is 0.951. The second kappa shape index (κ2) is 6.57. The van der Waals surface area contributed by atoms with E-state index in [0.29, 0.717) is 0 Å². The fourth-order valence-electron chi connectivity index (χ4n) is 1.90. The van der Waals surface area contributed by atoms with Gasteiger partial charge in [-0.25, -0.2) is 0 Å². The summed E-state index contributed by atoms with van der Waals surface area (Å²) in [5, 5.41) is 0. The fraction of sp³-hybridized carbons (Fsp3) is 0.267. The van der Waals surface area contributed by atoms with Crippen LogP contribution in [0.2, 0.25) is 0 Å². The van der Waals surface area contributed by atoms with E-state index in [1.165, 1.54) is 16.0 Å². The number of hydrogen-bond donors (Lipinski definition) is 0. The number of rotatable bonds is 5. The fourth-order valence-corrected chi connectivity index (χ4v) is 2.31. The molecule has 1 aromatic carbocycles. The van der Waals surface area contributed by atoms with Crippen LogP contribution < -0.4 is 0 Å². The van der Waals surface area contributed by atoms with Crippen LogP contribution in [0.25, 0.3) is 0 Å². The van der Waals surface area contributed by atoms with Crippen LogP contribution in [-0.4, -0.2) is 23.2 Å². The molecule has 0 N–H and O–H groups in total. The van der Waals surface area contributed by atoms with Crippen LogP contribution in [0.3, 0.4) is 0 Å². The molecule has 1 aromatic heterocycles. The smallest absolute Gasteiger partial charge is 0.0271 e. The first kappa shape index (κ1) is 13.1. The highest BCUT2D eigenvalue weighted by Gasteiger charge is 2.01. The molecule has 0 fully saturated rings. The lowest BCUT2D eigenvalue weighted by Crippen LogP contribution is -2.17. The van der Waals surface area contributed by atoms with Crippen molar-refractivity contribution in [2.45, 2.75) is 18.0 Å². The highest BCUT2D eigenvalue weighted by molar-refractivity contribution is 7.98. The molecule has 0 radical (unpaired) electrons. The molecular formula is C15H18N2S. The number of benzene rings is 1. The number of pyridine rings is 1. The van der Waals surface area contributed by atoms with E-state index >= 15 is 0 Å². The van der Waals surface area contributed by atoms with E-state index in [4.69, 9.17) is 0 Å². The van der Waals surface area contributed by atoms with Crippen molar-refractivity contribution in [1.82, 2.24) is 9.88 Å². The average molecular weight is 258 g/mol. The third kappa shape index (κ3) is 3.86. The van der Waals surface area contributed by atoms with Gasteiger partial charge < -0.3 is 0 Å². The summed E-state index contributed by atoms with van der Waals surface area (Å²) in [6.07, 6.45) is 5.79. The molecule has 0 atom stereocenters. The summed E-state index contributed by atoms with van der Waals surface area (Å²) in [7, 11) is 2.14. The predicted octanol–water partition coefficient (Wildman–Crippen LogP) is 3.44. The number of nitrogens with zero attached hydrogens (tertiary/aromatic N) is 2. The van der Waals surface area contributed by atoms with Gasteiger partial charge in [-0.3, -0.25) is 9.88 Å². The highest BCUT2D eigenvalue weighted by Crippen LogP contribution is 2.16. The van der Waals surface area contributed by atoms with Crippen molar-refractivity contribution in [2.75, 3.05) is 13.3 Å². The summed E-state index contributed by atoms with van der Waals surface area (Å²) < 4.78 is 0. The van der Waals surface area contributed by atoms with E-state index in [-0.39, 0.29) is 0 Å². The zero-order valence-electron chi connectivity index (χ0n) is 10.8. The van der Waals surface area contributed by atoms with Crippen molar-refractivity contribution in [3.63, 3.8) is 0 Å². The molecule has 94 valence electrons. The third-order valence-corrected chi connectivity index (χ3v) is 3.56. The first-order valence-corrected chi connectivity index (χ1v) is 7.21. The molecule has 2 aromatic rings. The number of thioether (sulfide) groups is 1. The zero-order valence-corrected chi connectivity index (χ0v) is 11.7. The number of hydrogen-bond acceptors (Lipinski definition) is 3. The monoisotopic (exact) mass is 258 g/mol. The van der Waals surface area contributed by atoms with Gasteiger partial charge in [0, 0.05) is 30.4 Å². The summed E-state index contributed by atoms with van der Waals surface area (Å²) in [4.78, 5) is 7.66. The Morgan fingerprint density at radius 2 is 1.50 bits per heavy atom. The Hall–Kier alpha value is -1.32. The van der Waals surface area contributed by atoms with Crippen LogP contribution in [0.4, 0.5) is 0 Å². The molecule has 18 heavy (non-hydrogen) atoms. The Morgan fingerprint density at radius 1 is 0.944 bits per heavy atom. The van der Waals surface area contributed by atoms with Crippen molar-refractivity contribution in [1.29, 1.82) is 0 Å². The molecule has 0 unspecified atom stereocenters. The van der Waals surface area contributed by atoms with E-state index in [2.05, 4.69) is 59.6 Å². The molecule has 2 nitrogen and oxygen atoms in total. The quantitative estimate of drug-likeness (QED) is 0.764. The van der Waals surface area contributed by atoms with Gasteiger partial charge in [-0.05, 0) is 48.7 Å². The molecule has 0 aliphatic heterocycles. The Balaban J connectivity index is 1.92. The molecule has 2 rings (SSSR count). The Kier molecular flexibility index (Phi) is 4.79. The lowest BCUT2D eigenvalue weighted by molar-refractivity contribution is 0.319. The minimum Gasteiger partial charge on any atom is -0.298 e. The van der Waals surface area contributed by atoms with Gasteiger partial charge in [-0.15, -0.1) is 11.8 Å². The van der Waals surface area contributed by atoms with E-state index in [0.717, 1.165) is 13.1 Å². The second-order valence-corrected chi connectivity index (χ2v) is 5.26. The molecule has 0 aliphatic rings. The van der Waals surface area contributed by atoms with Gasteiger partial charge in [0.15, 0.2) is 0 Å². The molecule has 0 amide bonds. The summed E-state index contributed by atoms with van der Waals surface area (Å²) in [6.45, 7) is 1.92. The van der Waals surface area contributed by atoms with Gasteiger partial charge in [0.25, 0.3) is 0 Å². The maximum Gasteiger partial charge on any atom is 0.0271 e. The van der Waals surface area contributed by atoms with E-state index in [9.17, 15) is 0 Å². The Labute approximate surface area is 113 Å². The Morgan fingerprint density at radius 3 is 2.06 bits per heavy atom. The van der Waals surface area contributed by atoms with Gasteiger partial charge >= 0.3 is 0 Å². The van der Waals surface area contributed by atoms with E-state index < -0.39 is 0 Å². The molecule has 3 heteroatoms. The van der Waals surface area contributed by atoms with E-state index in [1.807, 2.05) is 12.4 Å². The van der Waals surface area contributed by atoms with Crippen LogP contribution in [0.15, 0.2) is 53.7 Å². The van der Waals surface area contributed by atoms with Crippen molar-refractivity contribution in [2.24, 2.45) is 0 Å². The highest BCUT2D eigenvalue weighted by atomic mass is 32.2. The summed E-state index contributed by atoms with van der Waals surface area (Å²) >= 11 is 1.78. The molecule has 0 bridgehead atoms. The SMILES string of the molecule is CSc1ccc(CN(C)Cc2ccncc2)cc1. The van der Waals surface area contributed by atoms with Gasteiger partial charge in [-0.2, -0.15) is 0 Å². The molecule has 0 spiro atoms. The van der Waals surface area contributed by atoms with Gasteiger partial charge in [-0.1, -0.05) is 12.1 Å². The largest absolute Gasteiger partial charge is 0.298 e. The van der Waals surface area contributed by atoms with Gasteiger partial charge in [0.1, 0.15) is 0 Å². The standard InChI is InChI=1S/C15H18N2S/c1-17(12-14-7-9-16-10-8-14)11-13-3-5-15(18-2)6-4-13/h3-10H,11-12H2,1-2H3. The first-order valence-electron chi connectivity index (χ1n) is 5.98. The normalized spacial score (nSPS) is 10.8. The summed E-state index contributed by atoms with van der Waals surface area (Å²) in [5.74, 6) is 0. The second-order valence-electron chi connectivity index (χ2n) is 4.38. The van der Waals surface area contributed by atoms with Crippen molar-refractivity contribution in [3.05, 3.63) is 59.9 Å². The first-order chi connectivity index (χ1) is 8.78. The topological polar surface area (TPSA) is 16.1 Å². The van der Waals surface area contributed by atoms with Crippen molar-refractivity contribution >= 4 is 11.8 Å². The van der Waals surface area contributed by atoms with Crippen LogP contribution in [0, 0.1) is 0 Å². The lowest BCUT2D eigenvalue weighted by Gasteiger charge is -2.16. The van der Waals surface area contributed by atoms with Crippen molar-refractivity contribution in [3.8, 4) is 0 Å². The maximum absolute atomic E-state index is 4.03. The van der Waals surface area contributed by atoms with E-state index in [1.54, 1.807) is 11.8 Å². The molecule has 0 saturated heterocycles. The van der Waals surface area contributed by atoms with Gasteiger partial charge in [0.05, 0.1) is 0 Å². The predicted molar refractivity (Wildman–Crippen MR) is 77.6 cm³/mol. The lowest BCUT2D eigenvalue weighted by atomic mass is 10.2. The zero-order chi connectivity index (χ0) is 12.8. The van der Waals surface area contributed by atoms with Gasteiger partial charge in [0.2, 0.25) is 0 Å². The minimum absolute atomic E-state index is 0.951. The Bertz CT molecular complexity index is 468. The molecular weight excluding hydrogens is 240 g/mol. The maximum atomic E-state index is 4.03.